The quantitative estimate of drug-likeness (QED) is 0.727. The molecule has 1 amide bonds. The molecule has 3 aliphatic rings. The van der Waals surface area contributed by atoms with Gasteiger partial charge in [0.05, 0.1) is 6.04 Å². The molecule has 0 unspecified atom stereocenters. The third kappa shape index (κ3) is 3.69. The molecular formula is C20H32N6O2. The molecule has 0 radical (unpaired) electrons. The molecule has 4 rings (SSSR count). The molecule has 8 nitrogen and oxygen atoms in total. The second-order valence-corrected chi connectivity index (χ2v) is 9.61. The first-order valence-corrected chi connectivity index (χ1v) is 10.4. The zero-order chi connectivity index (χ0) is 20.1. The zero-order valence-electron chi connectivity index (χ0n) is 17.1. The average molecular weight is 389 g/mol. The fourth-order valence-corrected chi connectivity index (χ4v) is 5.45. The molecule has 4 N–H and O–H groups in total. The molecule has 2 aliphatic carbocycles. The monoisotopic (exact) mass is 388 g/mol. The van der Waals surface area contributed by atoms with E-state index >= 15 is 0 Å². The Balaban J connectivity index is 1.47. The summed E-state index contributed by atoms with van der Waals surface area (Å²) in [6.45, 7) is 7.18. The Hall–Kier alpha value is -2.25. The lowest BCUT2D eigenvalue weighted by Crippen LogP contribution is -2.52. The van der Waals surface area contributed by atoms with Gasteiger partial charge >= 0.3 is 6.09 Å². The number of carboxylic acid groups (broad SMARTS) is 1. The van der Waals surface area contributed by atoms with Crippen LogP contribution in [0.5, 0.6) is 0 Å². The molecule has 1 aliphatic heterocycles. The first-order chi connectivity index (χ1) is 13.2. The van der Waals surface area contributed by atoms with E-state index in [0.29, 0.717) is 12.6 Å². The number of aromatic nitrogens is 2. The fraction of sp³-hybridized carbons (Fsp3) is 0.750. The Morgan fingerprint density at radius 1 is 1.29 bits per heavy atom. The van der Waals surface area contributed by atoms with Crippen LogP contribution < -0.4 is 16.0 Å². The van der Waals surface area contributed by atoms with Crippen molar-refractivity contribution in [1.82, 2.24) is 14.9 Å². The zero-order valence-corrected chi connectivity index (χ0v) is 17.1. The Labute approximate surface area is 166 Å². The fourth-order valence-electron chi connectivity index (χ4n) is 5.45. The first kappa shape index (κ1) is 19.1. The summed E-state index contributed by atoms with van der Waals surface area (Å²) in [5.74, 6) is 3.43. The molecule has 0 spiro atoms. The van der Waals surface area contributed by atoms with E-state index in [-0.39, 0.29) is 12.0 Å². The van der Waals surface area contributed by atoms with Crippen LogP contribution in [-0.4, -0.2) is 56.8 Å². The Kier molecular flexibility index (Phi) is 4.75. The number of nitrogens with zero attached hydrogens (tertiary/aromatic N) is 4. The number of fused-ring (bicyclic) bond motifs is 2. The molecule has 2 saturated carbocycles. The van der Waals surface area contributed by atoms with Crippen LogP contribution in [0, 0.1) is 11.8 Å². The standard InChI is InChI=1S/C20H32N6O2/c1-20(2,3)26(19(27)28)14-6-7-25(11-14)17-10-16(23-18(21)24-17)22-15-9-12-4-5-13(15)8-12/h10,12-15H,4-9,11H2,1-3H3,(H,27,28)(H3,21,22,23,24)/t12-,13+,14-,15-/m0/s1. The van der Waals surface area contributed by atoms with E-state index in [4.69, 9.17) is 5.73 Å². The van der Waals surface area contributed by atoms with Crippen LogP contribution >= 0.6 is 0 Å². The van der Waals surface area contributed by atoms with Gasteiger partial charge in [0, 0.05) is 30.7 Å². The summed E-state index contributed by atoms with van der Waals surface area (Å²) in [5.41, 5.74) is 5.56. The number of nitrogen functional groups attached to an aromatic ring is 1. The molecule has 1 saturated heterocycles. The highest BCUT2D eigenvalue weighted by atomic mass is 16.4. The Morgan fingerprint density at radius 3 is 2.68 bits per heavy atom. The molecule has 8 heteroatoms. The Morgan fingerprint density at radius 2 is 2.07 bits per heavy atom. The molecule has 1 aromatic rings. The summed E-state index contributed by atoms with van der Waals surface area (Å²) in [5, 5.41) is 13.3. The van der Waals surface area contributed by atoms with Gasteiger partial charge in [-0.15, -0.1) is 0 Å². The molecule has 1 aromatic heterocycles. The highest BCUT2D eigenvalue weighted by Crippen LogP contribution is 2.45. The minimum Gasteiger partial charge on any atom is -0.465 e. The van der Waals surface area contributed by atoms with Crippen LogP contribution in [0.2, 0.25) is 0 Å². The number of carbonyl (C=O) groups is 1. The number of hydrogen-bond donors (Lipinski definition) is 3. The lowest BCUT2D eigenvalue weighted by atomic mass is 9.95. The third-order valence-corrected chi connectivity index (χ3v) is 6.58. The van der Waals surface area contributed by atoms with Crippen molar-refractivity contribution in [2.45, 2.75) is 70.5 Å². The lowest BCUT2D eigenvalue weighted by Gasteiger charge is -2.38. The number of amides is 1. The summed E-state index contributed by atoms with van der Waals surface area (Å²) < 4.78 is 0. The maximum atomic E-state index is 11.8. The average Bonchev–Trinajstić information content (AvgIpc) is 3.29. The van der Waals surface area contributed by atoms with Gasteiger partial charge in [0.25, 0.3) is 0 Å². The molecule has 3 fully saturated rings. The van der Waals surface area contributed by atoms with Crippen molar-refractivity contribution in [1.29, 1.82) is 0 Å². The summed E-state index contributed by atoms with van der Waals surface area (Å²) in [4.78, 5) is 24.3. The van der Waals surface area contributed by atoms with Gasteiger partial charge in [0.1, 0.15) is 11.6 Å². The van der Waals surface area contributed by atoms with Crippen molar-refractivity contribution in [2.75, 3.05) is 29.0 Å². The number of anilines is 3. The summed E-state index contributed by atoms with van der Waals surface area (Å²) in [6.07, 6.45) is 5.12. The van der Waals surface area contributed by atoms with Gasteiger partial charge in [-0.3, -0.25) is 4.90 Å². The van der Waals surface area contributed by atoms with Crippen molar-refractivity contribution in [3.05, 3.63) is 6.07 Å². The molecule has 2 heterocycles. The van der Waals surface area contributed by atoms with Gasteiger partial charge in [-0.2, -0.15) is 9.97 Å². The lowest BCUT2D eigenvalue weighted by molar-refractivity contribution is 0.0763. The normalized spacial score (nSPS) is 29.3. The minimum atomic E-state index is -0.875. The van der Waals surface area contributed by atoms with Crippen LogP contribution in [0.15, 0.2) is 6.07 Å². The van der Waals surface area contributed by atoms with Gasteiger partial charge in [-0.05, 0) is 58.3 Å². The van der Waals surface area contributed by atoms with E-state index in [0.717, 1.165) is 36.4 Å². The van der Waals surface area contributed by atoms with E-state index in [9.17, 15) is 9.90 Å². The van der Waals surface area contributed by atoms with E-state index in [1.54, 1.807) is 4.90 Å². The smallest absolute Gasteiger partial charge is 0.408 e. The van der Waals surface area contributed by atoms with E-state index in [2.05, 4.69) is 20.2 Å². The highest BCUT2D eigenvalue weighted by Gasteiger charge is 2.40. The van der Waals surface area contributed by atoms with Gasteiger partial charge < -0.3 is 21.1 Å². The second kappa shape index (κ2) is 6.97. The van der Waals surface area contributed by atoms with Gasteiger partial charge in [0.2, 0.25) is 5.95 Å². The van der Waals surface area contributed by atoms with Crippen LogP contribution in [0.1, 0.15) is 52.9 Å². The van der Waals surface area contributed by atoms with Crippen LogP contribution in [0.25, 0.3) is 0 Å². The van der Waals surface area contributed by atoms with Crippen LogP contribution in [0.4, 0.5) is 22.4 Å². The first-order valence-electron chi connectivity index (χ1n) is 10.4. The predicted octanol–water partition coefficient (Wildman–Crippen LogP) is 3.02. The van der Waals surface area contributed by atoms with Crippen molar-refractivity contribution in [3.63, 3.8) is 0 Å². The third-order valence-electron chi connectivity index (χ3n) is 6.58. The molecule has 28 heavy (non-hydrogen) atoms. The Bertz CT molecular complexity index is 749. The maximum Gasteiger partial charge on any atom is 0.408 e. The molecule has 0 aromatic carbocycles. The molecule has 4 atom stereocenters. The maximum absolute atomic E-state index is 11.8. The number of hydrogen-bond acceptors (Lipinski definition) is 6. The highest BCUT2D eigenvalue weighted by molar-refractivity contribution is 5.67. The van der Waals surface area contributed by atoms with Crippen molar-refractivity contribution >= 4 is 23.7 Å². The minimum absolute atomic E-state index is 0.0596. The number of nitrogens with two attached hydrogens (primary N) is 1. The van der Waals surface area contributed by atoms with E-state index in [1.165, 1.54) is 25.7 Å². The van der Waals surface area contributed by atoms with Crippen LogP contribution in [-0.2, 0) is 0 Å². The summed E-state index contributed by atoms with van der Waals surface area (Å²) in [6, 6.07) is 2.39. The van der Waals surface area contributed by atoms with E-state index < -0.39 is 11.6 Å². The van der Waals surface area contributed by atoms with Crippen molar-refractivity contribution in [3.8, 4) is 0 Å². The van der Waals surface area contributed by atoms with Gasteiger partial charge in [0.15, 0.2) is 0 Å². The van der Waals surface area contributed by atoms with Crippen molar-refractivity contribution < 1.29 is 9.90 Å². The SMILES string of the molecule is CC(C)(C)N(C(=O)O)[C@H]1CCN(c2cc(N[C@H]3C[C@H]4CC[C@@H]3C4)nc(N)n2)C1. The van der Waals surface area contributed by atoms with Gasteiger partial charge in [-0.1, -0.05) is 6.42 Å². The molecular weight excluding hydrogens is 356 g/mol. The van der Waals surface area contributed by atoms with Gasteiger partial charge in [-0.25, -0.2) is 4.79 Å². The number of rotatable bonds is 4. The van der Waals surface area contributed by atoms with E-state index in [1.807, 2.05) is 26.8 Å². The molecule has 2 bridgehead atoms. The van der Waals surface area contributed by atoms with Crippen LogP contribution in [0.3, 0.4) is 0 Å². The predicted molar refractivity (Wildman–Crippen MR) is 110 cm³/mol. The largest absolute Gasteiger partial charge is 0.465 e. The summed E-state index contributed by atoms with van der Waals surface area (Å²) in [7, 11) is 0. The number of nitrogens with one attached hydrogen (secondary N) is 1. The summed E-state index contributed by atoms with van der Waals surface area (Å²) >= 11 is 0. The van der Waals surface area contributed by atoms with Crippen molar-refractivity contribution in [2.24, 2.45) is 11.8 Å². The topological polar surface area (TPSA) is 108 Å². The second-order valence-electron chi connectivity index (χ2n) is 9.61. The molecule has 154 valence electrons.